The molecule has 20 heavy (non-hydrogen) atoms. The predicted molar refractivity (Wildman–Crippen MR) is 68.7 cm³/mol. The summed E-state index contributed by atoms with van der Waals surface area (Å²) >= 11 is 0. The molecule has 5 N–H and O–H groups in total. The molecular weight excluding hydrogens is 266 g/mol. The SMILES string of the molecule is CC#CC1(N)[C@@H](O)[C@@H](CO)O[C@H]1n1ccc(=O)[nH]c1=O. The fourth-order valence-electron chi connectivity index (χ4n) is 2.21. The highest BCUT2D eigenvalue weighted by Gasteiger charge is 2.54. The van der Waals surface area contributed by atoms with Crippen LogP contribution in [-0.4, -0.2) is 44.1 Å². The van der Waals surface area contributed by atoms with Crippen molar-refractivity contribution in [1.82, 2.24) is 9.55 Å². The number of rotatable bonds is 2. The second-order valence-corrected chi connectivity index (χ2v) is 4.48. The Morgan fingerprint density at radius 1 is 1.60 bits per heavy atom. The molecule has 4 atom stereocenters. The van der Waals surface area contributed by atoms with Gasteiger partial charge >= 0.3 is 5.69 Å². The molecule has 1 aliphatic rings. The van der Waals surface area contributed by atoms with Gasteiger partial charge in [0.25, 0.3) is 5.56 Å². The van der Waals surface area contributed by atoms with E-state index >= 15 is 0 Å². The van der Waals surface area contributed by atoms with E-state index in [1.807, 2.05) is 0 Å². The first-order valence-electron chi connectivity index (χ1n) is 5.92. The molecule has 0 saturated carbocycles. The lowest BCUT2D eigenvalue weighted by Gasteiger charge is -2.27. The van der Waals surface area contributed by atoms with Gasteiger partial charge in [-0.15, -0.1) is 5.92 Å². The zero-order chi connectivity index (χ0) is 14.9. The van der Waals surface area contributed by atoms with Gasteiger partial charge in [-0.2, -0.15) is 0 Å². The van der Waals surface area contributed by atoms with E-state index in [2.05, 4.69) is 16.8 Å². The summed E-state index contributed by atoms with van der Waals surface area (Å²) in [4.78, 5) is 24.9. The van der Waals surface area contributed by atoms with Crippen LogP contribution >= 0.6 is 0 Å². The normalized spacial score (nSPS) is 32.7. The summed E-state index contributed by atoms with van der Waals surface area (Å²) in [6.45, 7) is 1.06. The lowest BCUT2D eigenvalue weighted by Crippen LogP contribution is -2.55. The molecule has 0 aliphatic carbocycles. The number of nitrogens with one attached hydrogen (secondary N) is 1. The van der Waals surface area contributed by atoms with Crippen LogP contribution in [0, 0.1) is 11.8 Å². The van der Waals surface area contributed by atoms with Crippen molar-refractivity contribution < 1.29 is 14.9 Å². The third kappa shape index (κ3) is 2.17. The Bertz CT molecular complexity index is 670. The summed E-state index contributed by atoms with van der Waals surface area (Å²) in [6.07, 6.45) is -2.16. The summed E-state index contributed by atoms with van der Waals surface area (Å²) < 4.78 is 6.44. The Morgan fingerprint density at radius 2 is 2.30 bits per heavy atom. The molecule has 1 aromatic rings. The summed E-state index contributed by atoms with van der Waals surface area (Å²) in [5, 5.41) is 19.3. The molecule has 2 heterocycles. The molecule has 108 valence electrons. The molecule has 0 bridgehead atoms. The van der Waals surface area contributed by atoms with Crippen molar-refractivity contribution in [1.29, 1.82) is 0 Å². The van der Waals surface area contributed by atoms with Crippen LogP contribution in [0.1, 0.15) is 13.2 Å². The zero-order valence-electron chi connectivity index (χ0n) is 10.7. The van der Waals surface area contributed by atoms with Crippen LogP contribution in [0.4, 0.5) is 0 Å². The number of aromatic amines is 1. The van der Waals surface area contributed by atoms with Gasteiger partial charge in [0.05, 0.1) is 6.61 Å². The van der Waals surface area contributed by atoms with E-state index in [9.17, 15) is 19.8 Å². The smallest absolute Gasteiger partial charge is 0.330 e. The van der Waals surface area contributed by atoms with E-state index in [0.717, 1.165) is 10.6 Å². The van der Waals surface area contributed by atoms with Gasteiger partial charge in [-0.3, -0.25) is 14.3 Å². The number of H-pyrrole nitrogens is 1. The second-order valence-electron chi connectivity index (χ2n) is 4.48. The van der Waals surface area contributed by atoms with Crippen LogP contribution in [0.5, 0.6) is 0 Å². The third-order valence-corrected chi connectivity index (χ3v) is 3.18. The number of aliphatic hydroxyl groups excluding tert-OH is 2. The Morgan fingerprint density at radius 3 is 2.85 bits per heavy atom. The summed E-state index contributed by atoms with van der Waals surface area (Å²) in [5.74, 6) is 5.19. The van der Waals surface area contributed by atoms with Crippen molar-refractivity contribution in [3.8, 4) is 11.8 Å². The Balaban J connectivity index is 2.55. The van der Waals surface area contributed by atoms with Gasteiger partial charge in [0, 0.05) is 12.3 Å². The van der Waals surface area contributed by atoms with Gasteiger partial charge in [0.1, 0.15) is 12.2 Å². The maximum Gasteiger partial charge on any atom is 0.330 e. The summed E-state index contributed by atoms with van der Waals surface area (Å²) in [5.41, 5.74) is 3.19. The number of nitrogens with two attached hydrogens (primary N) is 1. The number of nitrogens with zero attached hydrogens (tertiary/aromatic N) is 1. The fraction of sp³-hybridized carbons (Fsp3) is 0.500. The van der Waals surface area contributed by atoms with Gasteiger partial charge in [0.15, 0.2) is 11.8 Å². The molecule has 1 fully saturated rings. The molecule has 8 nitrogen and oxygen atoms in total. The molecule has 1 saturated heterocycles. The van der Waals surface area contributed by atoms with Crippen LogP contribution in [-0.2, 0) is 4.74 Å². The van der Waals surface area contributed by atoms with Crippen molar-refractivity contribution >= 4 is 0 Å². The van der Waals surface area contributed by atoms with Gasteiger partial charge in [-0.1, -0.05) is 5.92 Å². The number of ether oxygens (including phenoxy) is 1. The fourth-order valence-corrected chi connectivity index (χ4v) is 2.21. The first kappa shape index (κ1) is 14.5. The first-order chi connectivity index (χ1) is 9.43. The van der Waals surface area contributed by atoms with Gasteiger partial charge < -0.3 is 20.7 Å². The van der Waals surface area contributed by atoms with Crippen molar-refractivity contribution in [2.75, 3.05) is 6.61 Å². The summed E-state index contributed by atoms with van der Waals surface area (Å²) in [6, 6.07) is 1.13. The number of hydrogen-bond donors (Lipinski definition) is 4. The van der Waals surface area contributed by atoms with E-state index < -0.39 is 41.8 Å². The quantitative estimate of drug-likeness (QED) is 0.444. The molecule has 1 aromatic heterocycles. The maximum atomic E-state index is 11.8. The largest absolute Gasteiger partial charge is 0.394 e. The highest BCUT2D eigenvalue weighted by Crippen LogP contribution is 2.35. The highest BCUT2D eigenvalue weighted by molar-refractivity contribution is 5.25. The highest BCUT2D eigenvalue weighted by atomic mass is 16.5. The Hall–Kier alpha value is -1.92. The molecule has 0 amide bonds. The van der Waals surface area contributed by atoms with E-state index in [0.29, 0.717) is 0 Å². The van der Waals surface area contributed by atoms with Crippen molar-refractivity contribution in [3.63, 3.8) is 0 Å². The monoisotopic (exact) mass is 281 g/mol. The summed E-state index contributed by atoms with van der Waals surface area (Å²) in [7, 11) is 0. The topological polar surface area (TPSA) is 131 Å². The minimum atomic E-state index is -1.57. The van der Waals surface area contributed by atoms with Crippen LogP contribution in [0.2, 0.25) is 0 Å². The standard InChI is InChI=1S/C12H15N3O5/c1-2-4-12(13)9(18)7(6-16)20-10(12)15-5-3-8(17)14-11(15)19/h3,5,7,9-10,16,18H,6,13H2,1H3,(H,14,17,19)/t7-,9+,10-,12?/m1/s1. The third-order valence-electron chi connectivity index (χ3n) is 3.18. The van der Waals surface area contributed by atoms with E-state index in [1.54, 1.807) is 0 Å². The lowest BCUT2D eigenvalue weighted by atomic mass is 9.91. The van der Waals surface area contributed by atoms with Crippen LogP contribution < -0.4 is 17.0 Å². The average molecular weight is 281 g/mol. The zero-order valence-corrected chi connectivity index (χ0v) is 10.7. The molecule has 0 spiro atoms. The van der Waals surface area contributed by atoms with Gasteiger partial charge in [-0.25, -0.2) is 4.79 Å². The minimum absolute atomic E-state index is 0.472. The van der Waals surface area contributed by atoms with Gasteiger partial charge in [-0.05, 0) is 6.92 Å². The molecule has 2 rings (SSSR count). The molecule has 0 radical (unpaired) electrons. The predicted octanol–water partition coefficient (Wildman–Crippen LogP) is -2.49. The van der Waals surface area contributed by atoms with Crippen LogP contribution in [0.3, 0.4) is 0 Å². The number of aromatic nitrogens is 2. The van der Waals surface area contributed by atoms with Gasteiger partial charge in [0.2, 0.25) is 0 Å². The average Bonchev–Trinajstić information content (AvgIpc) is 2.63. The maximum absolute atomic E-state index is 11.8. The first-order valence-corrected chi connectivity index (χ1v) is 5.92. The van der Waals surface area contributed by atoms with Crippen molar-refractivity contribution in [3.05, 3.63) is 33.1 Å². The Labute approximate surface area is 113 Å². The van der Waals surface area contributed by atoms with Crippen molar-refractivity contribution in [2.24, 2.45) is 5.73 Å². The molecular formula is C12H15N3O5. The lowest BCUT2D eigenvalue weighted by molar-refractivity contribution is -0.0477. The molecule has 1 unspecified atom stereocenters. The molecule has 8 heteroatoms. The van der Waals surface area contributed by atoms with E-state index in [-0.39, 0.29) is 0 Å². The van der Waals surface area contributed by atoms with Crippen molar-refractivity contribution in [2.45, 2.75) is 30.9 Å². The number of hydrogen-bond acceptors (Lipinski definition) is 6. The van der Waals surface area contributed by atoms with E-state index in [4.69, 9.17) is 10.5 Å². The minimum Gasteiger partial charge on any atom is -0.394 e. The second kappa shape index (κ2) is 5.22. The van der Waals surface area contributed by atoms with Crippen LogP contribution in [0.25, 0.3) is 0 Å². The van der Waals surface area contributed by atoms with Crippen LogP contribution in [0.15, 0.2) is 21.9 Å². The van der Waals surface area contributed by atoms with E-state index in [1.165, 1.54) is 13.1 Å². The number of aliphatic hydroxyl groups is 2. The molecule has 1 aliphatic heterocycles. The Kier molecular flexibility index (Phi) is 3.78. The molecule has 0 aromatic carbocycles.